The number of nitrogens with one attached hydrogen (secondary N) is 1. The average molecular weight is 346 g/mol. The molecule has 0 amide bonds. The summed E-state index contributed by atoms with van der Waals surface area (Å²) in [6.45, 7) is 3.91. The SMILES string of the molecule is CC(CO)CCCNCC(O)COc1ccc(Br)cc1. The van der Waals surface area contributed by atoms with Gasteiger partial charge in [0.2, 0.25) is 0 Å². The Morgan fingerprint density at radius 3 is 2.65 bits per heavy atom. The topological polar surface area (TPSA) is 61.7 Å². The van der Waals surface area contributed by atoms with Gasteiger partial charge in [0.1, 0.15) is 18.5 Å². The third kappa shape index (κ3) is 7.85. The van der Waals surface area contributed by atoms with Crippen molar-refractivity contribution in [3.05, 3.63) is 28.7 Å². The predicted molar refractivity (Wildman–Crippen MR) is 84.0 cm³/mol. The van der Waals surface area contributed by atoms with E-state index in [4.69, 9.17) is 9.84 Å². The monoisotopic (exact) mass is 345 g/mol. The highest BCUT2D eigenvalue weighted by Gasteiger charge is 2.05. The molecule has 2 atom stereocenters. The van der Waals surface area contributed by atoms with Crippen LogP contribution in [0.25, 0.3) is 0 Å². The van der Waals surface area contributed by atoms with Crippen LogP contribution in [0.1, 0.15) is 19.8 Å². The lowest BCUT2D eigenvalue weighted by atomic mass is 10.1. The zero-order valence-corrected chi connectivity index (χ0v) is 13.5. The molecule has 0 heterocycles. The van der Waals surface area contributed by atoms with E-state index in [1.807, 2.05) is 31.2 Å². The van der Waals surface area contributed by atoms with Crippen molar-refractivity contribution in [1.82, 2.24) is 5.32 Å². The van der Waals surface area contributed by atoms with Crippen LogP contribution < -0.4 is 10.1 Å². The standard InChI is InChI=1S/C15H24BrNO3/c1-12(10-18)3-2-8-17-9-14(19)11-20-15-6-4-13(16)5-7-15/h4-7,12,14,17-19H,2-3,8-11H2,1H3. The molecule has 1 rings (SSSR count). The number of aliphatic hydroxyl groups excluding tert-OH is 2. The molecule has 0 spiro atoms. The predicted octanol–water partition coefficient (Wildman–Crippen LogP) is 2.19. The first-order valence-electron chi connectivity index (χ1n) is 7.00. The van der Waals surface area contributed by atoms with Crippen LogP contribution in [0.3, 0.4) is 0 Å². The number of aliphatic hydroxyl groups is 2. The van der Waals surface area contributed by atoms with Crippen LogP contribution in [0.4, 0.5) is 0 Å². The third-order valence-corrected chi connectivity index (χ3v) is 3.53. The summed E-state index contributed by atoms with van der Waals surface area (Å²) < 4.78 is 6.50. The maximum atomic E-state index is 9.78. The second-order valence-corrected chi connectivity index (χ2v) is 5.97. The van der Waals surface area contributed by atoms with E-state index in [9.17, 15) is 5.11 Å². The minimum Gasteiger partial charge on any atom is -0.491 e. The average Bonchev–Trinajstić information content (AvgIpc) is 2.46. The maximum absolute atomic E-state index is 9.78. The first-order chi connectivity index (χ1) is 9.61. The quantitative estimate of drug-likeness (QED) is 0.569. The van der Waals surface area contributed by atoms with Crippen molar-refractivity contribution in [1.29, 1.82) is 0 Å². The molecule has 0 aliphatic rings. The molecule has 1 aromatic rings. The van der Waals surface area contributed by atoms with Gasteiger partial charge in [0.15, 0.2) is 0 Å². The van der Waals surface area contributed by atoms with Crippen LogP contribution in [0.5, 0.6) is 5.75 Å². The smallest absolute Gasteiger partial charge is 0.119 e. The molecule has 0 aromatic heterocycles. The van der Waals surface area contributed by atoms with Crippen molar-refractivity contribution < 1.29 is 14.9 Å². The zero-order valence-electron chi connectivity index (χ0n) is 11.9. The first kappa shape index (κ1) is 17.4. The van der Waals surface area contributed by atoms with Crippen molar-refractivity contribution in [3.63, 3.8) is 0 Å². The summed E-state index contributed by atoms with van der Waals surface area (Å²) in [4.78, 5) is 0. The molecule has 114 valence electrons. The highest BCUT2D eigenvalue weighted by atomic mass is 79.9. The lowest BCUT2D eigenvalue weighted by molar-refractivity contribution is 0.106. The first-order valence-corrected chi connectivity index (χ1v) is 7.79. The Morgan fingerprint density at radius 1 is 1.30 bits per heavy atom. The lowest BCUT2D eigenvalue weighted by Crippen LogP contribution is -2.32. The molecule has 0 fully saturated rings. The molecule has 3 N–H and O–H groups in total. The molecule has 1 aromatic carbocycles. The minimum atomic E-state index is -0.520. The normalized spacial score (nSPS) is 14.0. The van der Waals surface area contributed by atoms with Gasteiger partial charge in [0.05, 0.1) is 0 Å². The molecule has 4 nitrogen and oxygen atoms in total. The third-order valence-electron chi connectivity index (χ3n) is 3.00. The van der Waals surface area contributed by atoms with Gasteiger partial charge in [-0.1, -0.05) is 22.9 Å². The summed E-state index contributed by atoms with van der Waals surface area (Å²) in [6.07, 6.45) is 1.48. The number of halogens is 1. The number of hydrogen-bond acceptors (Lipinski definition) is 4. The van der Waals surface area contributed by atoms with Gasteiger partial charge in [-0.15, -0.1) is 0 Å². The van der Waals surface area contributed by atoms with E-state index in [2.05, 4.69) is 21.2 Å². The Hall–Kier alpha value is -0.620. The minimum absolute atomic E-state index is 0.240. The van der Waals surface area contributed by atoms with Crippen LogP contribution in [-0.2, 0) is 0 Å². The van der Waals surface area contributed by atoms with Crippen LogP contribution >= 0.6 is 15.9 Å². The summed E-state index contributed by atoms with van der Waals surface area (Å²) in [5.41, 5.74) is 0. The van der Waals surface area contributed by atoms with Crippen molar-refractivity contribution >= 4 is 15.9 Å². The van der Waals surface area contributed by atoms with Crippen LogP contribution in [0.2, 0.25) is 0 Å². The zero-order chi connectivity index (χ0) is 14.8. The summed E-state index contributed by atoms with van der Waals surface area (Å²) >= 11 is 3.36. The van der Waals surface area contributed by atoms with Gasteiger partial charge in [-0.2, -0.15) is 0 Å². The Morgan fingerprint density at radius 2 is 2.00 bits per heavy atom. The van der Waals surface area contributed by atoms with E-state index in [1.54, 1.807) is 0 Å². The summed E-state index contributed by atoms with van der Waals surface area (Å²) in [5, 5.41) is 21.9. The van der Waals surface area contributed by atoms with E-state index >= 15 is 0 Å². The van der Waals surface area contributed by atoms with Crippen molar-refractivity contribution in [2.45, 2.75) is 25.9 Å². The Kier molecular flexibility index (Phi) is 8.85. The molecule has 5 heteroatoms. The fourth-order valence-corrected chi connectivity index (χ4v) is 1.98. The fraction of sp³-hybridized carbons (Fsp3) is 0.600. The van der Waals surface area contributed by atoms with Crippen LogP contribution in [0.15, 0.2) is 28.7 Å². The van der Waals surface area contributed by atoms with E-state index in [1.165, 1.54) is 0 Å². The molecular weight excluding hydrogens is 322 g/mol. The van der Waals surface area contributed by atoms with E-state index in [-0.39, 0.29) is 13.2 Å². The van der Waals surface area contributed by atoms with Crippen LogP contribution in [0, 0.1) is 5.92 Å². The molecule has 0 bridgehead atoms. The Labute approximate surface area is 129 Å². The number of ether oxygens (including phenoxy) is 1. The molecule has 0 aliphatic heterocycles. The number of benzene rings is 1. The fourth-order valence-electron chi connectivity index (χ4n) is 1.72. The second-order valence-electron chi connectivity index (χ2n) is 5.05. The number of hydrogen-bond donors (Lipinski definition) is 3. The molecule has 20 heavy (non-hydrogen) atoms. The van der Waals surface area contributed by atoms with Gasteiger partial charge in [-0.05, 0) is 49.6 Å². The molecule has 0 aliphatic carbocycles. The Bertz CT molecular complexity index is 359. The largest absolute Gasteiger partial charge is 0.491 e. The highest BCUT2D eigenvalue weighted by molar-refractivity contribution is 9.10. The molecular formula is C15H24BrNO3. The van der Waals surface area contributed by atoms with E-state index in [0.29, 0.717) is 12.5 Å². The van der Waals surface area contributed by atoms with Crippen molar-refractivity contribution in [2.75, 3.05) is 26.3 Å². The molecule has 0 saturated carbocycles. The van der Waals surface area contributed by atoms with Gasteiger partial charge < -0.3 is 20.3 Å². The molecule has 2 unspecified atom stereocenters. The van der Waals surface area contributed by atoms with Gasteiger partial charge in [-0.25, -0.2) is 0 Å². The summed E-state index contributed by atoms with van der Waals surface area (Å²) in [7, 11) is 0. The second kappa shape index (κ2) is 10.2. The Balaban J connectivity index is 2.05. The van der Waals surface area contributed by atoms with Crippen molar-refractivity contribution in [2.24, 2.45) is 5.92 Å². The van der Waals surface area contributed by atoms with E-state index < -0.39 is 6.10 Å². The van der Waals surface area contributed by atoms with Crippen molar-refractivity contribution in [3.8, 4) is 5.75 Å². The lowest BCUT2D eigenvalue weighted by Gasteiger charge is -2.14. The van der Waals surface area contributed by atoms with Gasteiger partial charge in [0, 0.05) is 17.6 Å². The highest BCUT2D eigenvalue weighted by Crippen LogP contribution is 2.16. The van der Waals surface area contributed by atoms with Crippen LogP contribution in [-0.4, -0.2) is 42.6 Å². The van der Waals surface area contributed by atoms with Gasteiger partial charge in [0.25, 0.3) is 0 Å². The number of rotatable bonds is 10. The van der Waals surface area contributed by atoms with E-state index in [0.717, 1.165) is 29.6 Å². The van der Waals surface area contributed by atoms with Gasteiger partial charge in [-0.3, -0.25) is 0 Å². The maximum Gasteiger partial charge on any atom is 0.119 e. The van der Waals surface area contributed by atoms with Gasteiger partial charge >= 0.3 is 0 Å². The molecule has 0 radical (unpaired) electrons. The molecule has 0 saturated heterocycles. The summed E-state index contributed by atoms with van der Waals surface area (Å²) in [6, 6.07) is 7.53. The summed E-state index contributed by atoms with van der Waals surface area (Å²) in [5.74, 6) is 1.10.